The van der Waals surface area contributed by atoms with Crippen LogP contribution < -0.4 is 0 Å². The molecule has 3 nitrogen and oxygen atoms in total. The highest BCUT2D eigenvalue weighted by atomic mass is 19.3. The molecule has 1 aromatic rings. The van der Waals surface area contributed by atoms with Crippen LogP contribution in [0.1, 0.15) is 30.9 Å². The number of benzene rings is 1. The molecule has 0 amide bonds. The molecule has 1 aliphatic carbocycles. The van der Waals surface area contributed by atoms with Crippen molar-refractivity contribution in [2.24, 2.45) is 0 Å². The fraction of sp³-hybridized carbons (Fsp3) is 0.462. The molecule has 1 aromatic carbocycles. The highest BCUT2D eigenvalue weighted by molar-refractivity contribution is 5.76. The molecule has 5 heteroatoms. The summed E-state index contributed by atoms with van der Waals surface area (Å²) in [5.41, 5.74) is 0.396. The zero-order valence-corrected chi connectivity index (χ0v) is 9.68. The fourth-order valence-electron chi connectivity index (χ4n) is 2.01. The van der Waals surface area contributed by atoms with E-state index in [1.807, 2.05) is 0 Å². The standard InChI is InChI=1S/C13H14F2O3/c14-13(15)7-6-10(8-13)18-12(17)11(16)9-4-2-1-3-5-9/h1-5,10-11,16H,6-8H2/t10-,11-/m1/s1. The van der Waals surface area contributed by atoms with Crippen molar-refractivity contribution in [1.82, 2.24) is 0 Å². The van der Waals surface area contributed by atoms with Crippen molar-refractivity contribution in [2.75, 3.05) is 0 Å². The van der Waals surface area contributed by atoms with E-state index in [-0.39, 0.29) is 12.8 Å². The predicted octanol–water partition coefficient (Wildman–Crippen LogP) is 2.45. The molecular weight excluding hydrogens is 242 g/mol. The molecule has 2 rings (SSSR count). The first kappa shape index (κ1) is 13.0. The molecule has 0 heterocycles. The Bertz CT molecular complexity index is 420. The number of hydrogen-bond acceptors (Lipinski definition) is 3. The lowest BCUT2D eigenvalue weighted by Crippen LogP contribution is -2.22. The van der Waals surface area contributed by atoms with Gasteiger partial charge in [-0.15, -0.1) is 0 Å². The molecule has 0 unspecified atom stereocenters. The van der Waals surface area contributed by atoms with E-state index in [1.165, 1.54) is 0 Å². The number of esters is 1. The minimum absolute atomic E-state index is 0.139. The number of alkyl halides is 2. The quantitative estimate of drug-likeness (QED) is 0.845. The summed E-state index contributed by atoms with van der Waals surface area (Å²) < 4.78 is 30.7. The van der Waals surface area contributed by atoms with E-state index in [2.05, 4.69) is 0 Å². The monoisotopic (exact) mass is 256 g/mol. The molecule has 1 saturated carbocycles. The zero-order chi connectivity index (χ0) is 13.2. The summed E-state index contributed by atoms with van der Waals surface area (Å²) in [6.07, 6.45) is -2.81. The Morgan fingerprint density at radius 1 is 1.39 bits per heavy atom. The molecule has 0 bridgehead atoms. The number of halogens is 2. The maximum atomic E-state index is 12.9. The topological polar surface area (TPSA) is 46.5 Å². The summed E-state index contributed by atoms with van der Waals surface area (Å²) >= 11 is 0. The van der Waals surface area contributed by atoms with Crippen molar-refractivity contribution < 1.29 is 23.4 Å². The van der Waals surface area contributed by atoms with Crippen LogP contribution in [-0.4, -0.2) is 23.1 Å². The molecule has 0 aliphatic heterocycles. The molecule has 2 atom stereocenters. The molecule has 0 spiro atoms. The van der Waals surface area contributed by atoms with Crippen LogP contribution in [0.25, 0.3) is 0 Å². The molecule has 0 radical (unpaired) electrons. The van der Waals surface area contributed by atoms with Crippen molar-refractivity contribution in [2.45, 2.75) is 37.4 Å². The minimum Gasteiger partial charge on any atom is -0.460 e. The van der Waals surface area contributed by atoms with Gasteiger partial charge >= 0.3 is 5.97 Å². The molecule has 18 heavy (non-hydrogen) atoms. The van der Waals surface area contributed by atoms with E-state index >= 15 is 0 Å². The Labute approximate surface area is 103 Å². The normalized spacial score (nSPS) is 23.6. The van der Waals surface area contributed by atoms with Crippen LogP contribution in [0, 0.1) is 0 Å². The van der Waals surface area contributed by atoms with Gasteiger partial charge < -0.3 is 9.84 Å². The van der Waals surface area contributed by atoms with Crippen LogP contribution in [0.2, 0.25) is 0 Å². The van der Waals surface area contributed by atoms with E-state index in [4.69, 9.17) is 4.74 Å². The Morgan fingerprint density at radius 3 is 2.61 bits per heavy atom. The average Bonchev–Trinajstić information content (AvgIpc) is 2.68. The van der Waals surface area contributed by atoms with Gasteiger partial charge in [-0.1, -0.05) is 30.3 Å². The maximum absolute atomic E-state index is 12.9. The van der Waals surface area contributed by atoms with Crippen molar-refractivity contribution in [1.29, 1.82) is 0 Å². The Morgan fingerprint density at radius 2 is 2.06 bits per heavy atom. The van der Waals surface area contributed by atoms with E-state index < -0.39 is 30.5 Å². The number of hydrogen-bond donors (Lipinski definition) is 1. The maximum Gasteiger partial charge on any atom is 0.339 e. The smallest absolute Gasteiger partial charge is 0.339 e. The Hall–Kier alpha value is -1.49. The predicted molar refractivity (Wildman–Crippen MR) is 60.1 cm³/mol. The van der Waals surface area contributed by atoms with Gasteiger partial charge in [-0.25, -0.2) is 13.6 Å². The second-order valence-corrected chi connectivity index (χ2v) is 4.47. The summed E-state index contributed by atoms with van der Waals surface area (Å²) in [6.45, 7) is 0. The molecule has 0 saturated heterocycles. The molecule has 1 aliphatic rings. The summed E-state index contributed by atoms with van der Waals surface area (Å²) in [5.74, 6) is -3.63. The number of rotatable bonds is 3. The van der Waals surface area contributed by atoms with E-state index in [1.54, 1.807) is 30.3 Å². The third-order valence-electron chi connectivity index (χ3n) is 2.98. The number of aliphatic hydroxyl groups is 1. The van der Waals surface area contributed by atoms with Gasteiger partial charge in [-0.2, -0.15) is 0 Å². The SMILES string of the molecule is O=C(O[C@@H]1CCC(F)(F)C1)[C@H](O)c1ccccc1. The Kier molecular flexibility index (Phi) is 3.61. The van der Waals surface area contributed by atoms with Gasteiger partial charge in [0.05, 0.1) is 0 Å². The first-order chi connectivity index (χ1) is 8.48. The second-order valence-electron chi connectivity index (χ2n) is 4.47. The van der Waals surface area contributed by atoms with Gasteiger partial charge in [0.2, 0.25) is 0 Å². The van der Waals surface area contributed by atoms with Gasteiger partial charge in [0.25, 0.3) is 5.92 Å². The fourth-order valence-corrected chi connectivity index (χ4v) is 2.01. The first-order valence-electron chi connectivity index (χ1n) is 5.79. The van der Waals surface area contributed by atoms with Gasteiger partial charge in [0.15, 0.2) is 6.10 Å². The number of aliphatic hydroxyl groups excluding tert-OH is 1. The van der Waals surface area contributed by atoms with Gasteiger partial charge in [-0.05, 0) is 12.0 Å². The van der Waals surface area contributed by atoms with E-state index in [0.29, 0.717) is 5.56 Å². The van der Waals surface area contributed by atoms with Crippen molar-refractivity contribution in [3.63, 3.8) is 0 Å². The van der Waals surface area contributed by atoms with E-state index in [9.17, 15) is 18.7 Å². The van der Waals surface area contributed by atoms with Crippen molar-refractivity contribution in [3.05, 3.63) is 35.9 Å². The van der Waals surface area contributed by atoms with Gasteiger partial charge in [-0.3, -0.25) is 0 Å². The van der Waals surface area contributed by atoms with Crippen molar-refractivity contribution >= 4 is 5.97 Å². The number of carbonyl (C=O) groups excluding carboxylic acids is 1. The molecular formula is C13H14F2O3. The number of ether oxygens (including phenoxy) is 1. The van der Waals surface area contributed by atoms with Crippen molar-refractivity contribution in [3.8, 4) is 0 Å². The molecule has 1 N–H and O–H groups in total. The zero-order valence-electron chi connectivity index (χ0n) is 9.68. The summed E-state index contributed by atoms with van der Waals surface area (Å²) in [4.78, 5) is 11.6. The summed E-state index contributed by atoms with van der Waals surface area (Å²) in [7, 11) is 0. The van der Waals surface area contributed by atoms with E-state index in [0.717, 1.165) is 0 Å². The minimum atomic E-state index is -2.76. The second kappa shape index (κ2) is 5.02. The van der Waals surface area contributed by atoms with Crippen LogP contribution in [-0.2, 0) is 9.53 Å². The van der Waals surface area contributed by atoms with Gasteiger partial charge in [0, 0.05) is 12.8 Å². The first-order valence-corrected chi connectivity index (χ1v) is 5.79. The summed E-state index contributed by atoms with van der Waals surface area (Å²) in [6, 6.07) is 8.26. The third kappa shape index (κ3) is 3.04. The van der Waals surface area contributed by atoms with Crippen LogP contribution in [0.5, 0.6) is 0 Å². The van der Waals surface area contributed by atoms with Gasteiger partial charge in [0.1, 0.15) is 6.10 Å². The van der Waals surface area contributed by atoms with Crippen LogP contribution in [0.4, 0.5) is 8.78 Å². The summed E-state index contributed by atoms with van der Waals surface area (Å²) in [5, 5.41) is 9.72. The average molecular weight is 256 g/mol. The Balaban J connectivity index is 1.93. The third-order valence-corrected chi connectivity index (χ3v) is 2.98. The highest BCUT2D eigenvalue weighted by Gasteiger charge is 2.41. The highest BCUT2D eigenvalue weighted by Crippen LogP contribution is 2.36. The molecule has 98 valence electrons. The largest absolute Gasteiger partial charge is 0.460 e. The van der Waals surface area contributed by atoms with Crippen LogP contribution in [0.15, 0.2) is 30.3 Å². The lowest BCUT2D eigenvalue weighted by molar-refractivity contribution is -0.160. The van der Waals surface area contributed by atoms with Crippen LogP contribution in [0.3, 0.4) is 0 Å². The lowest BCUT2D eigenvalue weighted by atomic mass is 10.1. The number of carbonyl (C=O) groups is 1. The van der Waals surface area contributed by atoms with Crippen LogP contribution >= 0.6 is 0 Å². The molecule has 0 aromatic heterocycles. The molecule has 1 fully saturated rings. The lowest BCUT2D eigenvalue weighted by Gasteiger charge is -2.15.